The topological polar surface area (TPSA) is 102 Å². The second-order valence-corrected chi connectivity index (χ2v) is 8.44. The number of pyridine rings is 1. The van der Waals surface area contributed by atoms with Crippen LogP contribution in [0.2, 0.25) is 5.02 Å². The molecule has 1 atom stereocenters. The zero-order valence-corrected chi connectivity index (χ0v) is 19.2. The van der Waals surface area contributed by atoms with Crippen LogP contribution in [0, 0.1) is 6.92 Å². The Bertz CT molecular complexity index is 1390. The standard InChI is InChI=1S/C25H21ClN2O6/c1-13-9-19-21(24(29)28(13)11-14-3-8-17-18(10-14)33-12-32-17)20(15-4-6-16(26)7-5-15)22(23(27)34-19)25(30)31-2/h3-10,20H,11-12,27H2,1-2H3/t20-/m1/s1. The molecule has 0 bridgehead atoms. The first kappa shape index (κ1) is 21.9. The minimum Gasteiger partial charge on any atom is -0.465 e. The number of aryl methyl sites for hydroxylation is 1. The quantitative estimate of drug-likeness (QED) is 0.570. The van der Waals surface area contributed by atoms with Crippen molar-refractivity contribution in [2.45, 2.75) is 19.4 Å². The van der Waals surface area contributed by atoms with E-state index in [-0.39, 0.29) is 30.4 Å². The maximum atomic E-state index is 13.9. The molecule has 2 aromatic carbocycles. The van der Waals surface area contributed by atoms with E-state index >= 15 is 0 Å². The lowest BCUT2D eigenvalue weighted by atomic mass is 9.83. The minimum atomic E-state index is -0.787. The van der Waals surface area contributed by atoms with Gasteiger partial charge < -0.3 is 29.2 Å². The number of carbonyl (C=O) groups is 1. The first-order valence-electron chi connectivity index (χ1n) is 10.5. The minimum absolute atomic E-state index is 0.0629. The van der Waals surface area contributed by atoms with E-state index in [4.69, 9.17) is 36.3 Å². The van der Waals surface area contributed by atoms with Gasteiger partial charge in [-0.25, -0.2) is 4.79 Å². The number of nitrogens with zero attached hydrogens (tertiary/aromatic N) is 1. The Labute approximate surface area is 200 Å². The molecule has 2 N–H and O–H groups in total. The maximum Gasteiger partial charge on any atom is 0.340 e. The molecule has 3 aromatic rings. The fraction of sp³-hybridized carbons (Fsp3) is 0.200. The molecule has 9 heteroatoms. The zero-order valence-electron chi connectivity index (χ0n) is 18.5. The molecule has 0 amide bonds. The van der Waals surface area contributed by atoms with Crippen LogP contribution < -0.4 is 25.5 Å². The van der Waals surface area contributed by atoms with Crippen molar-refractivity contribution in [3.05, 3.63) is 97.7 Å². The van der Waals surface area contributed by atoms with E-state index in [1.54, 1.807) is 34.9 Å². The van der Waals surface area contributed by atoms with E-state index in [1.807, 2.05) is 25.1 Å². The van der Waals surface area contributed by atoms with Gasteiger partial charge in [0.25, 0.3) is 5.56 Å². The van der Waals surface area contributed by atoms with Gasteiger partial charge in [-0.3, -0.25) is 4.79 Å². The first-order chi connectivity index (χ1) is 16.4. The van der Waals surface area contributed by atoms with Crippen molar-refractivity contribution in [3.63, 3.8) is 0 Å². The van der Waals surface area contributed by atoms with Gasteiger partial charge in [0.15, 0.2) is 11.5 Å². The van der Waals surface area contributed by atoms with Crippen molar-refractivity contribution in [2.24, 2.45) is 5.73 Å². The van der Waals surface area contributed by atoms with E-state index in [1.165, 1.54) is 7.11 Å². The number of hydrogen-bond acceptors (Lipinski definition) is 7. The molecule has 2 aliphatic heterocycles. The van der Waals surface area contributed by atoms with Crippen LogP contribution in [0.1, 0.15) is 28.3 Å². The average Bonchev–Trinajstić information content (AvgIpc) is 3.29. The molecule has 0 unspecified atom stereocenters. The molecular formula is C25H21ClN2O6. The Morgan fingerprint density at radius 3 is 2.59 bits per heavy atom. The highest BCUT2D eigenvalue weighted by Gasteiger charge is 2.38. The van der Waals surface area contributed by atoms with Crippen LogP contribution in [0.25, 0.3) is 0 Å². The monoisotopic (exact) mass is 480 g/mol. The molecule has 5 rings (SSSR count). The number of benzene rings is 2. The Kier molecular flexibility index (Phi) is 5.45. The summed E-state index contributed by atoms with van der Waals surface area (Å²) in [6.45, 7) is 2.26. The summed E-state index contributed by atoms with van der Waals surface area (Å²) >= 11 is 6.08. The van der Waals surface area contributed by atoms with Gasteiger partial charge in [0, 0.05) is 16.8 Å². The van der Waals surface area contributed by atoms with Crippen LogP contribution in [0.3, 0.4) is 0 Å². The van der Waals surface area contributed by atoms with Crippen LogP contribution in [0.4, 0.5) is 0 Å². The van der Waals surface area contributed by atoms with E-state index in [2.05, 4.69) is 0 Å². The Morgan fingerprint density at radius 2 is 1.85 bits per heavy atom. The Morgan fingerprint density at radius 1 is 1.12 bits per heavy atom. The lowest BCUT2D eigenvalue weighted by molar-refractivity contribution is -0.136. The van der Waals surface area contributed by atoms with Gasteiger partial charge in [-0.15, -0.1) is 0 Å². The second-order valence-electron chi connectivity index (χ2n) is 8.00. The molecule has 2 aliphatic rings. The summed E-state index contributed by atoms with van der Waals surface area (Å²) in [6.07, 6.45) is 0. The van der Waals surface area contributed by atoms with Crippen LogP contribution in [-0.4, -0.2) is 24.4 Å². The normalized spacial score (nSPS) is 16.1. The molecule has 34 heavy (non-hydrogen) atoms. The highest BCUT2D eigenvalue weighted by Crippen LogP contribution is 2.41. The van der Waals surface area contributed by atoms with Crippen LogP contribution in [0.15, 0.2) is 64.8 Å². The second kappa shape index (κ2) is 8.46. The lowest BCUT2D eigenvalue weighted by Crippen LogP contribution is -2.35. The van der Waals surface area contributed by atoms with Gasteiger partial charge >= 0.3 is 5.97 Å². The maximum absolute atomic E-state index is 13.9. The van der Waals surface area contributed by atoms with Gasteiger partial charge in [-0.2, -0.15) is 0 Å². The largest absolute Gasteiger partial charge is 0.465 e. The Hall–Kier alpha value is -3.91. The summed E-state index contributed by atoms with van der Waals surface area (Å²) < 4.78 is 23.2. The number of carbonyl (C=O) groups excluding carboxylic acids is 1. The fourth-order valence-electron chi connectivity index (χ4n) is 4.30. The number of rotatable bonds is 4. The molecule has 0 aliphatic carbocycles. The number of nitrogens with two attached hydrogens (primary N) is 1. The van der Waals surface area contributed by atoms with Crippen molar-refractivity contribution in [3.8, 4) is 17.2 Å². The molecule has 0 saturated heterocycles. The van der Waals surface area contributed by atoms with E-state index in [0.717, 1.165) is 5.56 Å². The summed E-state index contributed by atoms with van der Waals surface area (Å²) in [5, 5.41) is 0.525. The van der Waals surface area contributed by atoms with Crippen LogP contribution >= 0.6 is 11.6 Å². The first-order valence-corrected chi connectivity index (χ1v) is 10.9. The van der Waals surface area contributed by atoms with Gasteiger partial charge in [0.2, 0.25) is 12.7 Å². The highest BCUT2D eigenvalue weighted by molar-refractivity contribution is 6.30. The van der Waals surface area contributed by atoms with E-state index in [0.29, 0.717) is 39.1 Å². The zero-order chi connectivity index (χ0) is 24.0. The molecule has 3 heterocycles. The van der Waals surface area contributed by atoms with Gasteiger partial charge in [0.1, 0.15) is 11.3 Å². The number of ether oxygens (including phenoxy) is 4. The number of aromatic nitrogens is 1. The van der Waals surface area contributed by atoms with Gasteiger partial charge in [0.05, 0.1) is 25.1 Å². The van der Waals surface area contributed by atoms with E-state index in [9.17, 15) is 9.59 Å². The molecular weight excluding hydrogens is 460 g/mol. The predicted molar refractivity (Wildman–Crippen MR) is 124 cm³/mol. The third-order valence-electron chi connectivity index (χ3n) is 5.96. The molecule has 1 aromatic heterocycles. The molecule has 174 valence electrons. The highest BCUT2D eigenvalue weighted by atomic mass is 35.5. The van der Waals surface area contributed by atoms with Crippen molar-refractivity contribution in [1.29, 1.82) is 0 Å². The third kappa shape index (κ3) is 3.66. The van der Waals surface area contributed by atoms with Crippen LogP contribution in [0.5, 0.6) is 17.2 Å². The summed E-state index contributed by atoms with van der Waals surface area (Å²) in [5.41, 5.74) is 8.38. The summed E-state index contributed by atoms with van der Waals surface area (Å²) in [6, 6.07) is 14.2. The molecule has 0 fully saturated rings. The number of halogens is 1. The number of esters is 1. The fourth-order valence-corrected chi connectivity index (χ4v) is 4.43. The van der Waals surface area contributed by atoms with Gasteiger partial charge in [-0.05, 0) is 42.3 Å². The smallest absolute Gasteiger partial charge is 0.340 e. The Balaban J connectivity index is 1.66. The van der Waals surface area contributed by atoms with E-state index < -0.39 is 11.9 Å². The van der Waals surface area contributed by atoms with Crippen molar-refractivity contribution < 1.29 is 23.7 Å². The number of hydrogen-bond donors (Lipinski definition) is 1. The SMILES string of the molecule is COC(=O)C1=C(N)Oc2cc(C)n(Cc3ccc4c(c3)OCO4)c(=O)c2[C@H]1c1ccc(Cl)cc1. The summed E-state index contributed by atoms with van der Waals surface area (Å²) in [7, 11) is 1.25. The van der Waals surface area contributed by atoms with Crippen molar-refractivity contribution in [2.75, 3.05) is 13.9 Å². The molecule has 0 radical (unpaired) electrons. The molecule has 0 spiro atoms. The van der Waals surface area contributed by atoms with Crippen molar-refractivity contribution in [1.82, 2.24) is 4.57 Å². The third-order valence-corrected chi connectivity index (χ3v) is 6.21. The van der Waals surface area contributed by atoms with Crippen molar-refractivity contribution >= 4 is 17.6 Å². The lowest BCUT2D eigenvalue weighted by Gasteiger charge is -2.29. The molecule has 0 saturated carbocycles. The van der Waals surface area contributed by atoms with Gasteiger partial charge in [-0.1, -0.05) is 29.8 Å². The summed E-state index contributed by atoms with van der Waals surface area (Å²) in [5.74, 6) is 0.0288. The predicted octanol–water partition coefficient (Wildman–Crippen LogP) is 3.45. The molecule has 8 nitrogen and oxygen atoms in total. The van der Waals surface area contributed by atoms with Crippen LogP contribution in [-0.2, 0) is 16.1 Å². The number of methoxy groups -OCH3 is 1. The number of fused-ring (bicyclic) bond motifs is 2. The summed E-state index contributed by atoms with van der Waals surface area (Å²) in [4.78, 5) is 26.6. The average molecular weight is 481 g/mol.